The number of rotatable bonds is 6. The Balaban J connectivity index is 2.40. The lowest BCUT2D eigenvalue weighted by atomic mass is 10.3. The SMILES string of the molecule is CCN(CCC(=O)OC)Cc1noc(C)n1. The topological polar surface area (TPSA) is 68.5 Å². The largest absolute Gasteiger partial charge is 0.469 e. The molecule has 0 atom stereocenters. The van der Waals surface area contributed by atoms with E-state index in [-0.39, 0.29) is 5.97 Å². The summed E-state index contributed by atoms with van der Waals surface area (Å²) in [6, 6.07) is 0. The van der Waals surface area contributed by atoms with E-state index in [9.17, 15) is 4.79 Å². The molecule has 1 aromatic heterocycles. The van der Waals surface area contributed by atoms with Gasteiger partial charge in [-0.3, -0.25) is 9.69 Å². The molecule has 0 N–H and O–H groups in total. The fourth-order valence-corrected chi connectivity index (χ4v) is 1.31. The number of esters is 1. The van der Waals surface area contributed by atoms with E-state index in [1.807, 2.05) is 6.92 Å². The number of carbonyl (C=O) groups excluding carboxylic acids is 1. The Morgan fingerprint density at radius 3 is 2.81 bits per heavy atom. The van der Waals surface area contributed by atoms with E-state index < -0.39 is 0 Å². The van der Waals surface area contributed by atoms with Crippen molar-refractivity contribution >= 4 is 5.97 Å². The summed E-state index contributed by atoms with van der Waals surface area (Å²) in [4.78, 5) is 17.2. The van der Waals surface area contributed by atoms with E-state index in [0.717, 1.165) is 6.54 Å². The predicted octanol–water partition coefficient (Wildman–Crippen LogP) is 0.763. The molecule has 1 aromatic rings. The van der Waals surface area contributed by atoms with Crippen LogP contribution in [-0.4, -0.2) is 41.2 Å². The fraction of sp³-hybridized carbons (Fsp3) is 0.700. The van der Waals surface area contributed by atoms with Crippen LogP contribution in [0.5, 0.6) is 0 Å². The molecule has 6 nitrogen and oxygen atoms in total. The average molecular weight is 227 g/mol. The number of ether oxygens (including phenoxy) is 1. The summed E-state index contributed by atoms with van der Waals surface area (Å²) in [7, 11) is 1.39. The zero-order chi connectivity index (χ0) is 12.0. The summed E-state index contributed by atoms with van der Waals surface area (Å²) >= 11 is 0. The Morgan fingerprint density at radius 2 is 2.31 bits per heavy atom. The van der Waals surface area contributed by atoms with E-state index in [1.54, 1.807) is 6.92 Å². The molecule has 90 valence electrons. The lowest BCUT2D eigenvalue weighted by Gasteiger charge is -2.17. The van der Waals surface area contributed by atoms with Gasteiger partial charge in [0, 0.05) is 13.5 Å². The van der Waals surface area contributed by atoms with Gasteiger partial charge in [0.15, 0.2) is 5.82 Å². The minimum absolute atomic E-state index is 0.206. The van der Waals surface area contributed by atoms with Crippen molar-refractivity contribution in [1.82, 2.24) is 15.0 Å². The van der Waals surface area contributed by atoms with Gasteiger partial charge < -0.3 is 9.26 Å². The third-order valence-electron chi connectivity index (χ3n) is 2.24. The minimum atomic E-state index is -0.206. The molecule has 1 heterocycles. The highest BCUT2D eigenvalue weighted by Gasteiger charge is 2.10. The van der Waals surface area contributed by atoms with Gasteiger partial charge in [-0.25, -0.2) is 0 Å². The maximum atomic E-state index is 11.0. The molecular formula is C10H17N3O3. The standard InChI is InChI=1S/C10H17N3O3/c1-4-13(6-5-10(14)15-3)7-9-11-8(2)16-12-9/h4-7H2,1-3H3. The molecule has 0 aliphatic carbocycles. The molecule has 0 saturated heterocycles. The highest BCUT2D eigenvalue weighted by molar-refractivity contribution is 5.69. The number of aryl methyl sites for hydroxylation is 1. The summed E-state index contributed by atoms with van der Waals surface area (Å²) < 4.78 is 9.46. The van der Waals surface area contributed by atoms with Crippen LogP contribution in [0.1, 0.15) is 25.1 Å². The molecule has 0 unspecified atom stereocenters. The first-order chi connectivity index (χ1) is 7.65. The first-order valence-corrected chi connectivity index (χ1v) is 5.24. The molecule has 0 saturated carbocycles. The van der Waals surface area contributed by atoms with Crippen molar-refractivity contribution in [2.24, 2.45) is 0 Å². The molecule has 0 aromatic carbocycles. The smallest absolute Gasteiger partial charge is 0.306 e. The number of carbonyl (C=O) groups is 1. The van der Waals surface area contributed by atoms with Gasteiger partial charge in [-0.15, -0.1) is 0 Å². The van der Waals surface area contributed by atoms with Gasteiger partial charge in [0.25, 0.3) is 0 Å². The predicted molar refractivity (Wildman–Crippen MR) is 56.6 cm³/mol. The monoisotopic (exact) mass is 227 g/mol. The molecule has 16 heavy (non-hydrogen) atoms. The van der Waals surface area contributed by atoms with Crippen LogP contribution in [-0.2, 0) is 16.1 Å². The molecule has 0 spiro atoms. The number of hydrogen-bond donors (Lipinski definition) is 0. The number of nitrogens with zero attached hydrogens (tertiary/aromatic N) is 3. The third-order valence-corrected chi connectivity index (χ3v) is 2.24. The Labute approximate surface area is 94.6 Å². The van der Waals surface area contributed by atoms with Crippen LogP contribution in [0.3, 0.4) is 0 Å². The van der Waals surface area contributed by atoms with Crippen molar-refractivity contribution in [3.63, 3.8) is 0 Å². The van der Waals surface area contributed by atoms with Gasteiger partial charge in [0.2, 0.25) is 5.89 Å². The Kier molecular flexibility index (Phi) is 4.91. The van der Waals surface area contributed by atoms with Crippen molar-refractivity contribution in [3.8, 4) is 0 Å². The highest BCUT2D eigenvalue weighted by Crippen LogP contribution is 2.02. The van der Waals surface area contributed by atoms with E-state index in [4.69, 9.17) is 4.52 Å². The normalized spacial score (nSPS) is 10.8. The molecule has 0 amide bonds. The number of hydrogen-bond acceptors (Lipinski definition) is 6. The van der Waals surface area contributed by atoms with E-state index in [1.165, 1.54) is 7.11 Å². The number of methoxy groups -OCH3 is 1. The fourth-order valence-electron chi connectivity index (χ4n) is 1.31. The molecular weight excluding hydrogens is 210 g/mol. The van der Waals surface area contributed by atoms with Crippen LogP contribution in [0.15, 0.2) is 4.52 Å². The lowest BCUT2D eigenvalue weighted by Crippen LogP contribution is -2.26. The Morgan fingerprint density at radius 1 is 1.56 bits per heavy atom. The minimum Gasteiger partial charge on any atom is -0.469 e. The van der Waals surface area contributed by atoms with Crippen molar-refractivity contribution in [3.05, 3.63) is 11.7 Å². The van der Waals surface area contributed by atoms with Gasteiger partial charge in [-0.2, -0.15) is 4.98 Å². The van der Waals surface area contributed by atoms with Crippen molar-refractivity contribution < 1.29 is 14.1 Å². The van der Waals surface area contributed by atoms with Crippen LogP contribution in [0, 0.1) is 6.92 Å². The molecule has 0 aliphatic rings. The second-order valence-electron chi connectivity index (χ2n) is 3.42. The lowest BCUT2D eigenvalue weighted by molar-refractivity contribution is -0.141. The summed E-state index contributed by atoms with van der Waals surface area (Å²) in [6.07, 6.45) is 0.376. The van der Waals surface area contributed by atoms with Crippen molar-refractivity contribution in [1.29, 1.82) is 0 Å². The number of aromatic nitrogens is 2. The van der Waals surface area contributed by atoms with Crippen molar-refractivity contribution in [2.45, 2.75) is 26.8 Å². The Hall–Kier alpha value is -1.43. The summed E-state index contributed by atoms with van der Waals surface area (Å²) in [5.74, 6) is 0.992. The van der Waals surface area contributed by atoms with Gasteiger partial charge in [0.1, 0.15) is 0 Å². The average Bonchev–Trinajstić information content (AvgIpc) is 2.69. The molecule has 6 heteroatoms. The van der Waals surface area contributed by atoms with Crippen LogP contribution >= 0.6 is 0 Å². The zero-order valence-corrected chi connectivity index (χ0v) is 9.89. The first kappa shape index (κ1) is 12.6. The maximum absolute atomic E-state index is 11.0. The highest BCUT2D eigenvalue weighted by atomic mass is 16.5. The van der Waals surface area contributed by atoms with Crippen LogP contribution in [0.25, 0.3) is 0 Å². The zero-order valence-electron chi connectivity index (χ0n) is 9.89. The summed E-state index contributed by atoms with van der Waals surface area (Å²) in [5.41, 5.74) is 0. The molecule has 0 bridgehead atoms. The van der Waals surface area contributed by atoms with E-state index in [2.05, 4.69) is 19.8 Å². The molecule has 0 aliphatic heterocycles. The maximum Gasteiger partial charge on any atom is 0.306 e. The third kappa shape index (κ3) is 3.98. The van der Waals surface area contributed by atoms with Crippen LogP contribution in [0.4, 0.5) is 0 Å². The second kappa shape index (κ2) is 6.22. The van der Waals surface area contributed by atoms with Gasteiger partial charge >= 0.3 is 5.97 Å². The van der Waals surface area contributed by atoms with Gasteiger partial charge in [0.05, 0.1) is 20.1 Å². The quantitative estimate of drug-likeness (QED) is 0.668. The van der Waals surface area contributed by atoms with E-state index >= 15 is 0 Å². The first-order valence-electron chi connectivity index (χ1n) is 5.24. The second-order valence-corrected chi connectivity index (χ2v) is 3.42. The van der Waals surface area contributed by atoms with Gasteiger partial charge in [-0.05, 0) is 6.54 Å². The van der Waals surface area contributed by atoms with Crippen molar-refractivity contribution in [2.75, 3.05) is 20.2 Å². The van der Waals surface area contributed by atoms with Gasteiger partial charge in [-0.1, -0.05) is 12.1 Å². The molecule has 0 radical (unpaired) electrons. The molecule has 0 fully saturated rings. The summed E-state index contributed by atoms with van der Waals surface area (Å²) in [5, 5.41) is 3.81. The van der Waals surface area contributed by atoms with Crippen LogP contribution in [0.2, 0.25) is 0 Å². The van der Waals surface area contributed by atoms with E-state index in [0.29, 0.717) is 31.2 Å². The molecule has 1 rings (SSSR count). The van der Waals surface area contributed by atoms with Crippen LogP contribution < -0.4 is 0 Å². The summed E-state index contributed by atoms with van der Waals surface area (Å²) in [6.45, 7) is 5.82. The Bertz CT molecular complexity index is 338.